The second-order valence-electron chi connectivity index (χ2n) is 3.99. The molecule has 3 nitrogen and oxygen atoms in total. The third-order valence-corrected chi connectivity index (χ3v) is 2.57. The highest BCUT2D eigenvalue weighted by Crippen LogP contribution is 2.23. The lowest BCUT2D eigenvalue weighted by Crippen LogP contribution is -2.35. The molecule has 1 unspecified atom stereocenters. The van der Waals surface area contributed by atoms with Gasteiger partial charge in [0.25, 0.3) is 0 Å². The highest BCUT2D eigenvalue weighted by molar-refractivity contribution is 4.98. The maximum Gasteiger partial charge on any atom is 0.389 e. The van der Waals surface area contributed by atoms with Crippen molar-refractivity contribution in [2.24, 2.45) is 5.84 Å². The number of alkyl halides is 3. The number of rotatable bonds is 7. The predicted octanol–water partition coefficient (Wildman–Crippen LogP) is 2.78. The molecule has 17 heavy (non-hydrogen) atoms. The predicted molar refractivity (Wildman–Crippen MR) is 58.0 cm³/mol. The van der Waals surface area contributed by atoms with Crippen molar-refractivity contribution in [2.75, 3.05) is 0 Å². The van der Waals surface area contributed by atoms with Gasteiger partial charge in [0.15, 0.2) is 0 Å². The number of nitrogens with one attached hydrogen (secondary N) is 1. The summed E-state index contributed by atoms with van der Waals surface area (Å²) < 4.78 is 41.0. The van der Waals surface area contributed by atoms with Crippen molar-refractivity contribution in [3.63, 3.8) is 0 Å². The first-order valence-corrected chi connectivity index (χ1v) is 5.56. The van der Waals surface area contributed by atoms with Gasteiger partial charge >= 0.3 is 6.18 Å². The van der Waals surface area contributed by atoms with Crippen LogP contribution in [0.3, 0.4) is 0 Å². The van der Waals surface area contributed by atoms with Crippen LogP contribution in [0.2, 0.25) is 0 Å². The van der Waals surface area contributed by atoms with E-state index in [1.54, 1.807) is 12.3 Å². The van der Waals surface area contributed by atoms with Crippen molar-refractivity contribution < 1.29 is 17.6 Å². The first-order valence-electron chi connectivity index (χ1n) is 5.56. The first kappa shape index (κ1) is 14.1. The van der Waals surface area contributed by atoms with Gasteiger partial charge in [0.1, 0.15) is 5.76 Å². The van der Waals surface area contributed by atoms with E-state index in [1.807, 2.05) is 6.07 Å². The summed E-state index contributed by atoms with van der Waals surface area (Å²) in [5, 5.41) is 0. The zero-order valence-electron chi connectivity index (χ0n) is 9.46. The fourth-order valence-electron chi connectivity index (χ4n) is 1.63. The number of hydrazine groups is 1. The summed E-state index contributed by atoms with van der Waals surface area (Å²) in [6.07, 6.45) is -1.42. The number of nitrogens with two attached hydrogens (primary N) is 1. The topological polar surface area (TPSA) is 51.2 Å². The molecular formula is C11H17F3N2O. The Morgan fingerprint density at radius 3 is 2.65 bits per heavy atom. The molecule has 1 aromatic rings. The van der Waals surface area contributed by atoms with Crippen LogP contribution in [0, 0.1) is 0 Å². The molecule has 0 radical (unpaired) electrons. The Bertz CT molecular complexity index is 298. The van der Waals surface area contributed by atoms with Gasteiger partial charge in [0, 0.05) is 18.9 Å². The molecule has 1 heterocycles. The van der Waals surface area contributed by atoms with Crippen molar-refractivity contribution in [1.82, 2.24) is 5.43 Å². The van der Waals surface area contributed by atoms with E-state index in [2.05, 4.69) is 5.43 Å². The van der Waals surface area contributed by atoms with Gasteiger partial charge in [-0.2, -0.15) is 13.2 Å². The molecule has 0 saturated heterocycles. The molecule has 0 spiro atoms. The van der Waals surface area contributed by atoms with Crippen molar-refractivity contribution in [1.29, 1.82) is 0 Å². The summed E-state index contributed by atoms with van der Waals surface area (Å²) in [6.45, 7) is 0. The Hall–Kier alpha value is -1.01. The largest absolute Gasteiger partial charge is 0.469 e. The normalized spacial score (nSPS) is 13.9. The molecule has 1 atom stereocenters. The van der Waals surface area contributed by atoms with Crippen molar-refractivity contribution in [3.05, 3.63) is 24.2 Å². The number of halogens is 3. The van der Waals surface area contributed by atoms with Crippen molar-refractivity contribution >= 4 is 0 Å². The summed E-state index contributed by atoms with van der Waals surface area (Å²) in [6, 6.07) is 3.51. The van der Waals surface area contributed by atoms with E-state index < -0.39 is 12.6 Å². The molecule has 0 bridgehead atoms. The van der Waals surface area contributed by atoms with Crippen LogP contribution in [-0.2, 0) is 6.42 Å². The fraction of sp³-hybridized carbons (Fsp3) is 0.636. The second kappa shape index (κ2) is 6.66. The molecule has 98 valence electrons. The fourth-order valence-corrected chi connectivity index (χ4v) is 1.63. The van der Waals surface area contributed by atoms with Crippen molar-refractivity contribution in [3.8, 4) is 0 Å². The van der Waals surface area contributed by atoms with Gasteiger partial charge < -0.3 is 4.42 Å². The molecule has 0 aromatic carbocycles. The van der Waals surface area contributed by atoms with E-state index in [1.165, 1.54) is 0 Å². The molecule has 6 heteroatoms. The number of furan rings is 1. The van der Waals surface area contributed by atoms with Crippen LogP contribution in [0.25, 0.3) is 0 Å². The maximum absolute atomic E-state index is 12.0. The molecule has 0 saturated carbocycles. The van der Waals surface area contributed by atoms with Crippen LogP contribution in [0.5, 0.6) is 0 Å². The molecular weight excluding hydrogens is 233 g/mol. The van der Waals surface area contributed by atoms with E-state index in [0.29, 0.717) is 19.3 Å². The lowest BCUT2D eigenvalue weighted by molar-refractivity contribution is -0.135. The number of aryl methyl sites for hydroxylation is 1. The number of hydrogen-bond donors (Lipinski definition) is 2. The van der Waals surface area contributed by atoms with Crippen molar-refractivity contribution in [2.45, 2.75) is 44.3 Å². The minimum atomic E-state index is -4.08. The van der Waals surface area contributed by atoms with Gasteiger partial charge in [-0.05, 0) is 31.4 Å². The summed E-state index contributed by atoms with van der Waals surface area (Å²) >= 11 is 0. The third kappa shape index (κ3) is 6.33. The van der Waals surface area contributed by atoms with E-state index in [9.17, 15) is 13.2 Å². The molecule has 0 aliphatic rings. The van der Waals surface area contributed by atoms with Gasteiger partial charge in [-0.3, -0.25) is 11.3 Å². The molecule has 1 rings (SSSR count). The van der Waals surface area contributed by atoms with E-state index in [4.69, 9.17) is 10.3 Å². The standard InChI is InChI=1S/C11H17F3N2O/c12-11(13,14)7-1-3-9(16-15)5-6-10-4-2-8-17-10/h2,4,8-9,16H,1,3,5-7,15H2. The maximum atomic E-state index is 12.0. The summed E-state index contributed by atoms with van der Waals surface area (Å²) in [4.78, 5) is 0. The minimum absolute atomic E-state index is 0.0938. The van der Waals surface area contributed by atoms with Crippen LogP contribution in [0.15, 0.2) is 22.8 Å². The molecule has 0 amide bonds. The zero-order chi connectivity index (χ0) is 12.7. The number of hydrogen-bond acceptors (Lipinski definition) is 3. The highest BCUT2D eigenvalue weighted by atomic mass is 19.4. The highest BCUT2D eigenvalue weighted by Gasteiger charge is 2.26. The Balaban J connectivity index is 2.20. The first-order chi connectivity index (χ1) is 8.01. The van der Waals surface area contributed by atoms with Crippen LogP contribution in [0.1, 0.15) is 31.4 Å². The Morgan fingerprint density at radius 1 is 1.35 bits per heavy atom. The van der Waals surface area contributed by atoms with E-state index in [0.717, 1.165) is 5.76 Å². The third-order valence-electron chi connectivity index (χ3n) is 2.57. The molecule has 3 N–H and O–H groups in total. The average molecular weight is 250 g/mol. The Kier molecular flexibility index (Phi) is 5.50. The van der Waals surface area contributed by atoms with Crippen LogP contribution >= 0.6 is 0 Å². The molecule has 1 aromatic heterocycles. The second-order valence-corrected chi connectivity index (χ2v) is 3.99. The van der Waals surface area contributed by atoms with E-state index >= 15 is 0 Å². The van der Waals surface area contributed by atoms with Gasteiger partial charge in [-0.25, -0.2) is 0 Å². The Morgan fingerprint density at radius 2 is 2.12 bits per heavy atom. The van der Waals surface area contributed by atoms with Crippen LogP contribution in [0.4, 0.5) is 13.2 Å². The van der Waals surface area contributed by atoms with Crippen LogP contribution < -0.4 is 11.3 Å². The van der Waals surface area contributed by atoms with Gasteiger partial charge in [-0.15, -0.1) is 0 Å². The smallest absolute Gasteiger partial charge is 0.389 e. The molecule has 0 fully saturated rings. The monoisotopic (exact) mass is 250 g/mol. The average Bonchev–Trinajstić information content (AvgIpc) is 2.74. The summed E-state index contributed by atoms with van der Waals surface area (Å²) in [7, 11) is 0. The lowest BCUT2D eigenvalue weighted by atomic mass is 10.0. The quantitative estimate of drug-likeness (QED) is 0.578. The zero-order valence-corrected chi connectivity index (χ0v) is 9.46. The summed E-state index contributed by atoms with van der Waals surface area (Å²) in [5.74, 6) is 6.12. The minimum Gasteiger partial charge on any atom is -0.469 e. The van der Waals surface area contributed by atoms with Gasteiger partial charge in [0.2, 0.25) is 0 Å². The summed E-state index contributed by atoms with van der Waals surface area (Å²) in [5.41, 5.74) is 2.54. The Labute approximate surface area is 98.1 Å². The lowest BCUT2D eigenvalue weighted by Gasteiger charge is -2.15. The molecule has 0 aliphatic carbocycles. The van der Waals surface area contributed by atoms with E-state index in [-0.39, 0.29) is 12.5 Å². The van der Waals surface area contributed by atoms with Gasteiger partial charge in [0.05, 0.1) is 6.26 Å². The van der Waals surface area contributed by atoms with Gasteiger partial charge in [-0.1, -0.05) is 0 Å². The molecule has 0 aliphatic heterocycles. The SMILES string of the molecule is NNC(CCCC(F)(F)F)CCc1ccco1. The van der Waals surface area contributed by atoms with Crippen LogP contribution in [-0.4, -0.2) is 12.2 Å².